The van der Waals surface area contributed by atoms with E-state index in [2.05, 4.69) is 48.6 Å². The summed E-state index contributed by atoms with van der Waals surface area (Å²) in [5.74, 6) is 0. The summed E-state index contributed by atoms with van der Waals surface area (Å²) >= 11 is 6.84. The molecule has 5 heteroatoms. The van der Waals surface area contributed by atoms with E-state index in [1.165, 1.54) is 5.56 Å². The third kappa shape index (κ3) is 5.17. The Morgan fingerprint density at radius 1 is 1.10 bits per heavy atom. The Bertz CT molecular complexity index is 644. The molecule has 0 radical (unpaired) electrons. The van der Waals surface area contributed by atoms with Crippen molar-refractivity contribution >= 4 is 43.6 Å². The highest BCUT2D eigenvalue weighted by molar-refractivity contribution is 9.10. The predicted octanol–water partition coefficient (Wildman–Crippen LogP) is 4.88. The molecule has 0 bridgehead atoms. The molecule has 0 saturated heterocycles. The number of amides is 2. The minimum absolute atomic E-state index is 0.185. The molecule has 0 unspecified atom stereocenters. The summed E-state index contributed by atoms with van der Waals surface area (Å²) in [7, 11) is 0. The van der Waals surface area contributed by atoms with Gasteiger partial charge in [-0.1, -0.05) is 44.0 Å². The van der Waals surface area contributed by atoms with Gasteiger partial charge in [0.05, 0.1) is 0 Å². The summed E-state index contributed by atoms with van der Waals surface area (Å²) in [6, 6.07) is 13.6. The molecule has 0 saturated carbocycles. The Kier molecular flexibility index (Phi) is 5.82. The van der Waals surface area contributed by atoms with Crippen molar-refractivity contribution in [1.82, 2.24) is 5.32 Å². The van der Waals surface area contributed by atoms with Crippen LogP contribution in [0.4, 0.5) is 10.5 Å². The molecule has 0 fully saturated rings. The highest BCUT2D eigenvalue weighted by atomic mass is 79.9. The summed E-state index contributed by atoms with van der Waals surface area (Å²) in [5.41, 5.74) is 3.02. The van der Waals surface area contributed by atoms with Gasteiger partial charge in [-0.3, -0.25) is 0 Å². The van der Waals surface area contributed by atoms with Gasteiger partial charge < -0.3 is 10.6 Å². The van der Waals surface area contributed by atoms with E-state index in [9.17, 15) is 4.79 Å². The minimum Gasteiger partial charge on any atom is -0.338 e. The van der Waals surface area contributed by atoms with Gasteiger partial charge in [-0.15, -0.1) is 0 Å². The van der Waals surface area contributed by atoms with Gasteiger partial charge in [0, 0.05) is 21.2 Å². The van der Waals surface area contributed by atoms with Gasteiger partial charge in [0.25, 0.3) is 0 Å². The van der Waals surface area contributed by atoms with Crippen molar-refractivity contribution in [3.05, 3.63) is 62.5 Å². The number of carbonyl (C=O) groups excluding carboxylic acids is 1. The maximum Gasteiger partial charge on any atom is 0.319 e. The third-order valence-electron chi connectivity index (χ3n) is 3.02. The Balaban J connectivity index is 1.82. The zero-order valence-electron chi connectivity index (χ0n) is 11.6. The van der Waals surface area contributed by atoms with E-state index in [1.807, 2.05) is 43.3 Å². The molecule has 2 amide bonds. The van der Waals surface area contributed by atoms with Crippen molar-refractivity contribution in [2.45, 2.75) is 13.3 Å². The lowest BCUT2D eigenvalue weighted by Crippen LogP contribution is -2.30. The first-order valence-electron chi connectivity index (χ1n) is 6.60. The Morgan fingerprint density at radius 3 is 2.57 bits per heavy atom. The van der Waals surface area contributed by atoms with Gasteiger partial charge in [-0.05, 0) is 54.8 Å². The zero-order chi connectivity index (χ0) is 15.2. The van der Waals surface area contributed by atoms with Crippen LogP contribution in [0.5, 0.6) is 0 Å². The number of benzene rings is 2. The molecule has 2 rings (SSSR count). The second kappa shape index (κ2) is 7.61. The fraction of sp³-hybridized carbons (Fsp3) is 0.188. The number of carbonyl (C=O) groups is 1. The number of halogens is 2. The molecule has 2 aromatic rings. The topological polar surface area (TPSA) is 41.1 Å². The fourth-order valence-corrected chi connectivity index (χ4v) is 2.87. The molecule has 0 atom stereocenters. The molecule has 21 heavy (non-hydrogen) atoms. The molecule has 0 heterocycles. The molecular formula is C16H16Br2N2O. The van der Waals surface area contributed by atoms with E-state index < -0.39 is 0 Å². The van der Waals surface area contributed by atoms with Crippen molar-refractivity contribution in [3.63, 3.8) is 0 Å². The number of anilines is 1. The highest BCUT2D eigenvalue weighted by Crippen LogP contribution is 2.19. The second-order valence-electron chi connectivity index (χ2n) is 4.72. The molecule has 110 valence electrons. The van der Waals surface area contributed by atoms with E-state index >= 15 is 0 Å². The molecule has 0 aliphatic carbocycles. The van der Waals surface area contributed by atoms with Crippen molar-refractivity contribution in [2.75, 3.05) is 11.9 Å². The summed E-state index contributed by atoms with van der Waals surface area (Å²) in [6.07, 6.45) is 0.798. The third-order valence-corrected chi connectivity index (χ3v) is 4.01. The van der Waals surface area contributed by atoms with Crippen LogP contribution >= 0.6 is 31.9 Å². The summed E-state index contributed by atoms with van der Waals surface area (Å²) in [5, 5.41) is 5.72. The molecule has 2 aromatic carbocycles. The first-order valence-corrected chi connectivity index (χ1v) is 8.18. The summed E-state index contributed by atoms with van der Waals surface area (Å²) in [4.78, 5) is 11.9. The molecule has 0 spiro atoms. The van der Waals surface area contributed by atoms with E-state index in [0.717, 1.165) is 26.6 Å². The minimum atomic E-state index is -0.185. The van der Waals surface area contributed by atoms with Crippen LogP contribution in [-0.2, 0) is 6.42 Å². The standard InChI is InChI=1S/C16H16Br2N2O/c1-11-9-14(18)5-6-15(11)20-16(21)19-8-7-12-3-2-4-13(17)10-12/h2-6,9-10H,7-8H2,1H3,(H2,19,20,21). The van der Waals surface area contributed by atoms with Gasteiger partial charge in [0.15, 0.2) is 0 Å². The SMILES string of the molecule is Cc1cc(Br)ccc1NC(=O)NCCc1cccc(Br)c1. The normalized spacial score (nSPS) is 10.2. The summed E-state index contributed by atoms with van der Waals surface area (Å²) in [6.45, 7) is 2.56. The number of hydrogen-bond donors (Lipinski definition) is 2. The second-order valence-corrected chi connectivity index (χ2v) is 6.55. The van der Waals surface area contributed by atoms with Crippen molar-refractivity contribution < 1.29 is 4.79 Å². The average molecular weight is 412 g/mol. The molecule has 0 aromatic heterocycles. The van der Waals surface area contributed by atoms with Gasteiger partial charge in [-0.2, -0.15) is 0 Å². The monoisotopic (exact) mass is 410 g/mol. The van der Waals surface area contributed by atoms with Crippen molar-refractivity contribution in [2.24, 2.45) is 0 Å². The van der Waals surface area contributed by atoms with Crippen molar-refractivity contribution in [1.29, 1.82) is 0 Å². The maximum absolute atomic E-state index is 11.9. The molecule has 3 nitrogen and oxygen atoms in total. The van der Waals surface area contributed by atoms with E-state index in [4.69, 9.17) is 0 Å². The predicted molar refractivity (Wildman–Crippen MR) is 93.7 cm³/mol. The first kappa shape index (κ1) is 16.0. The summed E-state index contributed by atoms with van der Waals surface area (Å²) < 4.78 is 2.05. The van der Waals surface area contributed by atoms with E-state index in [-0.39, 0.29) is 6.03 Å². The smallest absolute Gasteiger partial charge is 0.319 e. The molecular weight excluding hydrogens is 396 g/mol. The fourth-order valence-electron chi connectivity index (χ4n) is 1.95. The Morgan fingerprint density at radius 2 is 1.86 bits per heavy atom. The number of nitrogens with one attached hydrogen (secondary N) is 2. The highest BCUT2D eigenvalue weighted by Gasteiger charge is 2.04. The number of aryl methyl sites for hydroxylation is 1. The van der Waals surface area contributed by atoms with Crippen LogP contribution in [0.1, 0.15) is 11.1 Å². The van der Waals surface area contributed by atoms with Crippen LogP contribution in [0, 0.1) is 6.92 Å². The van der Waals surface area contributed by atoms with Crippen molar-refractivity contribution in [3.8, 4) is 0 Å². The van der Waals surface area contributed by atoms with E-state index in [1.54, 1.807) is 0 Å². The van der Waals surface area contributed by atoms with Crippen LogP contribution < -0.4 is 10.6 Å². The Hall–Kier alpha value is -1.33. The lowest BCUT2D eigenvalue weighted by molar-refractivity contribution is 0.252. The van der Waals surface area contributed by atoms with Gasteiger partial charge in [-0.25, -0.2) is 4.79 Å². The largest absolute Gasteiger partial charge is 0.338 e. The van der Waals surface area contributed by atoms with Crippen LogP contribution in [0.2, 0.25) is 0 Å². The van der Waals surface area contributed by atoms with E-state index in [0.29, 0.717) is 6.54 Å². The maximum atomic E-state index is 11.9. The number of urea groups is 1. The molecule has 0 aliphatic rings. The van der Waals surface area contributed by atoms with Gasteiger partial charge in [0.2, 0.25) is 0 Å². The quantitative estimate of drug-likeness (QED) is 0.739. The molecule has 0 aliphatic heterocycles. The van der Waals surface area contributed by atoms with Crippen LogP contribution in [0.15, 0.2) is 51.4 Å². The van der Waals surface area contributed by atoms with Crippen LogP contribution in [-0.4, -0.2) is 12.6 Å². The Labute approximate surface area is 141 Å². The lowest BCUT2D eigenvalue weighted by Gasteiger charge is -2.10. The van der Waals surface area contributed by atoms with Gasteiger partial charge in [0.1, 0.15) is 0 Å². The number of rotatable bonds is 4. The van der Waals surface area contributed by atoms with Gasteiger partial charge >= 0.3 is 6.03 Å². The zero-order valence-corrected chi connectivity index (χ0v) is 14.8. The lowest BCUT2D eigenvalue weighted by atomic mass is 10.1. The molecule has 2 N–H and O–H groups in total. The van der Waals surface area contributed by atoms with Crippen LogP contribution in [0.3, 0.4) is 0 Å². The average Bonchev–Trinajstić information content (AvgIpc) is 2.42. The first-order chi connectivity index (χ1) is 10.0. The number of hydrogen-bond acceptors (Lipinski definition) is 1. The van der Waals surface area contributed by atoms with Crippen LogP contribution in [0.25, 0.3) is 0 Å².